The zero-order chi connectivity index (χ0) is 26.4. The van der Waals surface area contributed by atoms with Crippen LogP contribution in [0, 0.1) is 5.41 Å². The summed E-state index contributed by atoms with van der Waals surface area (Å²) in [7, 11) is -4.20. The molecule has 0 amide bonds. The summed E-state index contributed by atoms with van der Waals surface area (Å²) in [6.45, 7) is 1.46. The van der Waals surface area contributed by atoms with E-state index in [0.29, 0.717) is 30.7 Å². The molecule has 1 saturated heterocycles. The second kappa shape index (κ2) is 9.68. The molecule has 1 aromatic carbocycles. The van der Waals surface area contributed by atoms with Gasteiger partial charge in [-0.3, -0.25) is 23.7 Å². The van der Waals surface area contributed by atoms with Crippen molar-refractivity contribution >= 4 is 25.3 Å². The van der Waals surface area contributed by atoms with Crippen molar-refractivity contribution in [2.24, 2.45) is 5.41 Å². The molecule has 5 rings (SSSR count). The lowest BCUT2D eigenvalue weighted by molar-refractivity contribution is -0.146. The number of aromatic nitrogens is 2. The molecule has 4 atom stereocenters. The van der Waals surface area contributed by atoms with Gasteiger partial charge in [0, 0.05) is 22.7 Å². The summed E-state index contributed by atoms with van der Waals surface area (Å²) in [4.78, 5) is 38.5. The molecule has 200 valence electrons. The number of carbonyl (C=O) groups excluding carboxylic acids is 1. The lowest BCUT2D eigenvalue weighted by atomic mass is 9.96. The smallest absolute Gasteiger partial charge is 0.459 e. The number of aliphatic hydroxyl groups excluding tert-OH is 1. The van der Waals surface area contributed by atoms with E-state index in [1.165, 1.54) is 29.0 Å². The highest BCUT2D eigenvalue weighted by Crippen LogP contribution is 2.62. The molecule has 1 aliphatic heterocycles. The van der Waals surface area contributed by atoms with Gasteiger partial charge in [-0.2, -0.15) is 5.09 Å². The number of ether oxygens (including phenoxy) is 2. The summed E-state index contributed by atoms with van der Waals surface area (Å²) in [6.07, 6.45) is 0.396. The standard InChI is InChI=1S/C23H27ClN3O9P/c1-2-33-20(30)23(10-11-23)26-37(32,36-15-5-3-14(24)4-6-15)34-13-16-18(29)22(8-9-22)19(35-16)27-12-7-17(28)25-21(27)31/h3-7,12,16,18-19,29H,2,8-11,13H2,1H3,(H,26,32)(H,25,28,31)/t16-,18-,19-,37?/m1/s1. The Labute approximate surface area is 216 Å². The van der Waals surface area contributed by atoms with Crippen molar-refractivity contribution in [3.8, 4) is 5.75 Å². The minimum absolute atomic E-state index is 0.154. The second-order valence-electron chi connectivity index (χ2n) is 9.48. The van der Waals surface area contributed by atoms with Gasteiger partial charge in [0.1, 0.15) is 23.6 Å². The quantitative estimate of drug-likeness (QED) is 0.293. The zero-order valence-corrected chi connectivity index (χ0v) is 21.6. The highest BCUT2D eigenvalue weighted by atomic mass is 35.5. The first-order valence-electron chi connectivity index (χ1n) is 11.9. The second-order valence-corrected chi connectivity index (χ2v) is 11.6. The fourth-order valence-electron chi connectivity index (χ4n) is 4.57. The van der Waals surface area contributed by atoms with Crippen molar-refractivity contribution < 1.29 is 33.0 Å². The Hall–Kier alpha value is -2.47. The Kier molecular flexibility index (Phi) is 6.84. The summed E-state index contributed by atoms with van der Waals surface area (Å²) >= 11 is 5.93. The van der Waals surface area contributed by atoms with Gasteiger partial charge in [0.25, 0.3) is 5.56 Å². The third kappa shape index (κ3) is 5.14. The highest BCUT2D eigenvalue weighted by molar-refractivity contribution is 7.52. The maximum Gasteiger partial charge on any atom is 0.459 e. The zero-order valence-electron chi connectivity index (χ0n) is 19.9. The number of esters is 1. The van der Waals surface area contributed by atoms with Crippen LogP contribution in [0.5, 0.6) is 5.75 Å². The number of rotatable bonds is 10. The van der Waals surface area contributed by atoms with E-state index in [1.807, 2.05) is 0 Å². The van der Waals surface area contributed by atoms with Gasteiger partial charge in [0.05, 0.1) is 19.3 Å². The molecule has 3 N–H and O–H groups in total. The Bertz CT molecular complexity index is 1340. The molecule has 1 unspecified atom stereocenters. The van der Waals surface area contributed by atoms with Crippen molar-refractivity contribution in [3.63, 3.8) is 0 Å². The molecule has 3 fully saturated rings. The van der Waals surface area contributed by atoms with Crippen LogP contribution in [-0.2, 0) is 23.4 Å². The van der Waals surface area contributed by atoms with Crippen molar-refractivity contribution in [3.05, 3.63) is 62.4 Å². The first kappa shape index (κ1) is 26.1. The minimum atomic E-state index is -4.20. The van der Waals surface area contributed by atoms with E-state index >= 15 is 0 Å². The Balaban J connectivity index is 1.36. The Morgan fingerprint density at radius 2 is 1.95 bits per heavy atom. The molecule has 14 heteroatoms. The first-order chi connectivity index (χ1) is 17.6. The van der Waals surface area contributed by atoms with Crippen molar-refractivity contribution in [1.29, 1.82) is 0 Å². The Morgan fingerprint density at radius 1 is 1.24 bits per heavy atom. The topological polar surface area (TPSA) is 158 Å². The number of hydrogen-bond acceptors (Lipinski definition) is 9. The summed E-state index contributed by atoms with van der Waals surface area (Å²) in [5, 5.41) is 14.2. The predicted molar refractivity (Wildman–Crippen MR) is 130 cm³/mol. The van der Waals surface area contributed by atoms with Crippen LogP contribution >= 0.6 is 19.3 Å². The Morgan fingerprint density at radius 3 is 2.54 bits per heavy atom. The molecule has 2 heterocycles. The molecule has 0 bridgehead atoms. The van der Waals surface area contributed by atoms with E-state index in [9.17, 15) is 24.1 Å². The third-order valence-corrected chi connectivity index (χ3v) is 8.78. The van der Waals surface area contributed by atoms with Gasteiger partial charge in [-0.05, 0) is 56.9 Å². The number of aliphatic hydroxyl groups is 1. The van der Waals surface area contributed by atoms with Gasteiger partial charge >= 0.3 is 19.4 Å². The van der Waals surface area contributed by atoms with Crippen LogP contribution in [0.1, 0.15) is 38.8 Å². The van der Waals surface area contributed by atoms with Crippen LogP contribution in [0.4, 0.5) is 0 Å². The molecule has 0 radical (unpaired) electrons. The molecular weight excluding hydrogens is 529 g/mol. The van der Waals surface area contributed by atoms with Crippen LogP contribution in [0.25, 0.3) is 0 Å². The SMILES string of the molecule is CCOC(=O)C1(NP(=O)(OC[C@H]2O[C@@H](n3ccc(=O)[nH]c3=O)C3(CC3)[C@@H]2O)Oc2ccc(Cl)cc2)CC1. The normalized spacial score (nSPS) is 26.4. The van der Waals surface area contributed by atoms with E-state index in [1.54, 1.807) is 19.1 Å². The number of aromatic amines is 1. The van der Waals surface area contributed by atoms with Crippen molar-refractivity contribution in [2.75, 3.05) is 13.2 Å². The third-order valence-electron chi connectivity index (χ3n) is 6.88. The fourth-order valence-corrected chi connectivity index (χ4v) is 6.44. The van der Waals surface area contributed by atoms with Crippen LogP contribution in [0.15, 0.2) is 46.1 Å². The predicted octanol–water partition coefficient (Wildman–Crippen LogP) is 2.12. The maximum absolute atomic E-state index is 13.9. The molecule has 2 saturated carbocycles. The summed E-state index contributed by atoms with van der Waals surface area (Å²) < 4.78 is 37.7. The lowest BCUT2D eigenvalue weighted by Crippen LogP contribution is -2.41. The summed E-state index contributed by atoms with van der Waals surface area (Å²) in [5.74, 6) is -0.380. The summed E-state index contributed by atoms with van der Waals surface area (Å²) in [5.41, 5.74) is -3.17. The lowest BCUT2D eigenvalue weighted by Gasteiger charge is -2.26. The van der Waals surface area contributed by atoms with Gasteiger partial charge in [0.15, 0.2) is 0 Å². The number of halogens is 1. The van der Waals surface area contributed by atoms with Gasteiger partial charge in [-0.25, -0.2) is 9.36 Å². The summed E-state index contributed by atoms with van der Waals surface area (Å²) in [6, 6.07) is 7.30. The molecular formula is C23H27ClN3O9P. The number of nitrogens with zero attached hydrogens (tertiary/aromatic N) is 1. The van der Waals surface area contributed by atoms with E-state index in [0.717, 1.165) is 0 Å². The van der Waals surface area contributed by atoms with Crippen LogP contribution in [-0.4, -0.2) is 51.6 Å². The largest absolute Gasteiger partial charge is 0.465 e. The van der Waals surface area contributed by atoms with Crippen molar-refractivity contribution in [1.82, 2.24) is 14.6 Å². The van der Waals surface area contributed by atoms with Crippen LogP contribution in [0.2, 0.25) is 5.02 Å². The van der Waals surface area contributed by atoms with E-state index in [4.69, 9.17) is 30.1 Å². The highest BCUT2D eigenvalue weighted by Gasteiger charge is 2.65. The molecule has 2 aromatic rings. The van der Waals surface area contributed by atoms with Gasteiger partial charge in [0.2, 0.25) is 0 Å². The molecule has 12 nitrogen and oxygen atoms in total. The van der Waals surface area contributed by atoms with E-state index in [2.05, 4.69) is 10.1 Å². The van der Waals surface area contributed by atoms with E-state index in [-0.39, 0.29) is 19.0 Å². The number of hydrogen-bond donors (Lipinski definition) is 3. The first-order valence-corrected chi connectivity index (χ1v) is 13.8. The number of benzene rings is 1. The van der Waals surface area contributed by atoms with E-state index < -0.39 is 54.4 Å². The molecule has 2 aliphatic carbocycles. The molecule has 3 aliphatic rings. The van der Waals surface area contributed by atoms with Gasteiger partial charge < -0.3 is 19.1 Å². The van der Waals surface area contributed by atoms with Crippen LogP contribution in [0.3, 0.4) is 0 Å². The van der Waals surface area contributed by atoms with Crippen LogP contribution < -0.4 is 20.9 Å². The number of carbonyl (C=O) groups is 1. The molecule has 37 heavy (non-hydrogen) atoms. The fraction of sp³-hybridized carbons (Fsp3) is 0.522. The average Bonchev–Trinajstić information content (AvgIpc) is 3.77. The molecule has 1 spiro atoms. The minimum Gasteiger partial charge on any atom is -0.465 e. The van der Waals surface area contributed by atoms with Gasteiger partial charge in [-0.15, -0.1) is 0 Å². The number of nitrogens with one attached hydrogen (secondary N) is 2. The average molecular weight is 556 g/mol. The maximum atomic E-state index is 13.9. The van der Waals surface area contributed by atoms with Crippen molar-refractivity contribution in [2.45, 2.75) is 56.6 Å². The van der Waals surface area contributed by atoms with Gasteiger partial charge in [-0.1, -0.05) is 11.6 Å². The molecule has 1 aromatic heterocycles. The monoisotopic (exact) mass is 555 g/mol. The number of H-pyrrole nitrogens is 1.